The molecule has 2 rings (SSSR count). The van der Waals surface area contributed by atoms with Gasteiger partial charge in [-0.05, 0) is 39.8 Å². The number of aryl methyl sites for hydroxylation is 2. The van der Waals surface area contributed by atoms with Crippen molar-refractivity contribution in [3.63, 3.8) is 0 Å². The number of rotatable bonds is 3. The van der Waals surface area contributed by atoms with Gasteiger partial charge in [0.15, 0.2) is 11.4 Å². The van der Waals surface area contributed by atoms with E-state index in [1.54, 1.807) is 18.4 Å². The highest BCUT2D eigenvalue weighted by atomic mass is 31.2. The molecule has 0 spiro atoms. The Labute approximate surface area is 112 Å². The molecule has 0 saturated carbocycles. The summed E-state index contributed by atoms with van der Waals surface area (Å²) in [6, 6.07) is 3.76. The van der Waals surface area contributed by atoms with Crippen molar-refractivity contribution in [1.29, 1.82) is 0 Å². The van der Waals surface area contributed by atoms with Crippen LogP contribution in [0.3, 0.4) is 0 Å². The van der Waals surface area contributed by atoms with Crippen LogP contribution in [0.5, 0.6) is 0 Å². The molecular formula is C12H18N3O3P. The van der Waals surface area contributed by atoms with Crippen LogP contribution < -0.4 is 0 Å². The van der Waals surface area contributed by atoms with Crippen molar-refractivity contribution >= 4 is 18.8 Å². The van der Waals surface area contributed by atoms with Crippen LogP contribution in [0, 0.1) is 13.8 Å². The average molecular weight is 283 g/mol. The second kappa shape index (κ2) is 4.40. The van der Waals surface area contributed by atoms with Gasteiger partial charge in [-0.3, -0.25) is 13.7 Å². The van der Waals surface area contributed by atoms with E-state index in [1.807, 2.05) is 26.0 Å². The molecule has 0 aliphatic heterocycles. The highest BCUT2D eigenvalue weighted by molar-refractivity contribution is 7.51. The number of imidazole rings is 1. The molecule has 7 heteroatoms. The quantitative estimate of drug-likeness (QED) is 0.876. The van der Waals surface area contributed by atoms with E-state index in [9.17, 15) is 9.46 Å². The summed E-state index contributed by atoms with van der Waals surface area (Å²) in [6.45, 7) is 8.31. The van der Waals surface area contributed by atoms with Gasteiger partial charge in [-0.1, -0.05) is 0 Å². The predicted octanol–water partition coefficient (Wildman–Crippen LogP) is 2.57. The zero-order valence-corrected chi connectivity index (χ0v) is 12.6. The summed E-state index contributed by atoms with van der Waals surface area (Å²) in [5.74, 6) is 0.687. The fraction of sp³-hybridized carbons (Fsp3) is 0.500. The van der Waals surface area contributed by atoms with Gasteiger partial charge in [-0.25, -0.2) is 9.97 Å². The number of fused-ring (bicyclic) bond motifs is 1. The van der Waals surface area contributed by atoms with E-state index in [0.717, 1.165) is 11.2 Å². The molecule has 2 heterocycles. The zero-order chi connectivity index (χ0) is 14.4. The molecular weight excluding hydrogens is 265 g/mol. The Morgan fingerprint density at radius 3 is 2.53 bits per heavy atom. The molecule has 0 amide bonds. The van der Waals surface area contributed by atoms with Gasteiger partial charge in [0, 0.05) is 12.4 Å². The van der Waals surface area contributed by atoms with Crippen LogP contribution in [0.25, 0.3) is 11.2 Å². The van der Waals surface area contributed by atoms with Crippen molar-refractivity contribution in [2.75, 3.05) is 6.66 Å². The molecule has 0 fully saturated rings. The lowest BCUT2D eigenvalue weighted by Crippen LogP contribution is -2.30. The smallest absolute Gasteiger partial charge is 0.324 e. The first-order valence-corrected chi connectivity index (χ1v) is 7.97. The van der Waals surface area contributed by atoms with Crippen LogP contribution in [0.2, 0.25) is 0 Å². The Balaban J connectivity index is 2.64. The third kappa shape index (κ3) is 2.86. The van der Waals surface area contributed by atoms with Gasteiger partial charge in [0.1, 0.15) is 11.3 Å². The number of hydrogen-bond acceptors (Lipinski definition) is 4. The first-order valence-electron chi connectivity index (χ1n) is 5.94. The molecule has 2 aromatic heterocycles. The lowest BCUT2D eigenvalue weighted by Gasteiger charge is -2.29. The summed E-state index contributed by atoms with van der Waals surface area (Å²) in [5, 5.41) is 0. The van der Waals surface area contributed by atoms with E-state index in [1.165, 1.54) is 6.66 Å². The Bertz CT molecular complexity index is 672. The van der Waals surface area contributed by atoms with E-state index in [2.05, 4.69) is 9.97 Å². The molecule has 0 aromatic carbocycles. The fourth-order valence-electron chi connectivity index (χ4n) is 2.27. The number of aromatic nitrogens is 3. The molecule has 0 bridgehead atoms. The molecule has 1 atom stereocenters. The van der Waals surface area contributed by atoms with Crippen LogP contribution in [0.1, 0.15) is 25.4 Å². The summed E-state index contributed by atoms with van der Waals surface area (Å²) in [5.41, 5.74) is 1.24. The van der Waals surface area contributed by atoms with Gasteiger partial charge in [0.05, 0.1) is 0 Å². The highest BCUT2D eigenvalue weighted by Crippen LogP contribution is 2.44. The van der Waals surface area contributed by atoms with Crippen molar-refractivity contribution in [2.24, 2.45) is 0 Å². The van der Waals surface area contributed by atoms with Crippen molar-refractivity contribution in [2.45, 2.75) is 33.4 Å². The molecule has 6 nitrogen and oxygen atoms in total. The van der Waals surface area contributed by atoms with Gasteiger partial charge in [0.2, 0.25) is 0 Å². The first-order chi connectivity index (χ1) is 8.60. The van der Waals surface area contributed by atoms with Crippen LogP contribution in [0.15, 0.2) is 12.1 Å². The minimum atomic E-state index is -3.61. The van der Waals surface area contributed by atoms with Gasteiger partial charge >= 0.3 is 7.60 Å². The van der Waals surface area contributed by atoms with Crippen LogP contribution in [0.4, 0.5) is 0 Å². The number of pyridine rings is 1. The van der Waals surface area contributed by atoms with Gasteiger partial charge in [0.25, 0.3) is 0 Å². The third-order valence-corrected chi connectivity index (χ3v) is 3.53. The maximum atomic E-state index is 11.5. The maximum absolute atomic E-state index is 11.5. The van der Waals surface area contributed by atoms with Crippen LogP contribution >= 0.6 is 7.60 Å². The monoisotopic (exact) mass is 283 g/mol. The van der Waals surface area contributed by atoms with Crippen LogP contribution in [-0.4, -0.2) is 26.1 Å². The fourth-order valence-corrected chi connectivity index (χ4v) is 3.18. The lowest BCUT2D eigenvalue weighted by molar-refractivity contribution is 0.0227. The van der Waals surface area contributed by atoms with Gasteiger partial charge in [-0.15, -0.1) is 0 Å². The molecule has 19 heavy (non-hydrogen) atoms. The summed E-state index contributed by atoms with van der Waals surface area (Å²) in [4.78, 5) is 18.3. The first kappa shape index (κ1) is 14.2. The largest absolute Gasteiger partial charge is 0.327 e. The van der Waals surface area contributed by atoms with Gasteiger partial charge in [-0.2, -0.15) is 0 Å². The molecule has 0 aliphatic rings. The van der Waals surface area contributed by atoms with E-state index in [4.69, 9.17) is 4.52 Å². The Hall–Kier alpha value is -1.23. The maximum Gasteiger partial charge on any atom is 0.327 e. The van der Waals surface area contributed by atoms with Crippen molar-refractivity contribution in [3.05, 3.63) is 23.7 Å². The molecule has 2 aromatic rings. The topological polar surface area (TPSA) is 77.2 Å². The van der Waals surface area contributed by atoms with Crippen molar-refractivity contribution in [3.8, 4) is 0 Å². The molecule has 1 N–H and O–H groups in total. The predicted molar refractivity (Wildman–Crippen MR) is 73.2 cm³/mol. The summed E-state index contributed by atoms with van der Waals surface area (Å²) in [6.07, 6.45) is 0. The van der Waals surface area contributed by atoms with E-state index in [-0.39, 0.29) is 0 Å². The summed E-state index contributed by atoms with van der Waals surface area (Å²) < 4.78 is 18.5. The normalized spacial score (nSPS) is 15.7. The second-order valence-electron chi connectivity index (χ2n) is 5.13. The van der Waals surface area contributed by atoms with E-state index < -0.39 is 13.3 Å². The van der Waals surface area contributed by atoms with Crippen molar-refractivity contribution < 1.29 is 14.0 Å². The Morgan fingerprint density at radius 2 is 1.95 bits per heavy atom. The molecule has 104 valence electrons. The molecule has 1 unspecified atom stereocenters. The van der Waals surface area contributed by atoms with E-state index in [0.29, 0.717) is 11.5 Å². The lowest BCUT2D eigenvalue weighted by atomic mass is 10.3. The zero-order valence-electron chi connectivity index (χ0n) is 11.7. The minimum absolute atomic E-state index is 0.649. The minimum Gasteiger partial charge on any atom is -0.324 e. The van der Waals surface area contributed by atoms with Gasteiger partial charge < -0.3 is 4.89 Å². The highest BCUT2D eigenvalue weighted by Gasteiger charge is 2.31. The average Bonchev–Trinajstić information content (AvgIpc) is 2.49. The summed E-state index contributed by atoms with van der Waals surface area (Å²) in [7, 11) is -3.61. The van der Waals surface area contributed by atoms with Crippen LogP contribution in [-0.2, 0) is 14.8 Å². The molecule has 0 aliphatic carbocycles. The Kier molecular flexibility index (Phi) is 3.29. The third-order valence-electron chi connectivity index (χ3n) is 2.74. The van der Waals surface area contributed by atoms with E-state index >= 15 is 0 Å². The number of hydrogen-bond donors (Lipinski definition) is 1. The Morgan fingerprint density at radius 1 is 1.32 bits per heavy atom. The summed E-state index contributed by atoms with van der Waals surface area (Å²) >= 11 is 0. The number of nitrogens with zero attached hydrogens (tertiary/aromatic N) is 3. The molecule has 0 saturated heterocycles. The molecule has 0 radical (unpaired) electrons. The van der Waals surface area contributed by atoms with Crippen molar-refractivity contribution in [1.82, 2.24) is 14.5 Å². The second-order valence-corrected chi connectivity index (χ2v) is 6.92. The standard InChI is InChI=1S/C12H18N3O3P/c1-8-6-7-10-11(13-8)15(9(2)14-10)12(3,4)18-19(5,16)17/h6-7H,1-5H3,(H,16,17). The SMILES string of the molecule is Cc1ccc2nc(C)n(C(C)(C)OP(C)(=O)O)c2n1.